The van der Waals surface area contributed by atoms with Gasteiger partial charge in [-0.1, -0.05) is 30.3 Å². The Morgan fingerprint density at radius 2 is 1.81 bits per heavy atom. The van der Waals surface area contributed by atoms with E-state index in [1.807, 2.05) is 30.3 Å². The van der Waals surface area contributed by atoms with Gasteiger partial charge in [0, 0.05) is 19.1 Å². The summed E-state index contributed by atoms with van der Waals surface area (Å²) in [5.74, 6) is -0.665. The highest BCUT2D eigenvalue weighted by molar-refractivity contribution is 5.97. The van der Waals surface area contributed by atoms with E-state index in [9.17, 15) is 24.9 Å². The lowest BCUT2D eigenvalue weighted by Crippen LogP contribution is -2.63. The molecule has 4 atom stereocenters. The number of benzene rings is 2. The van der Waals surface area contributed by atoms with E-state index in [-0.39, 0.29) is 28.8 Å². The molecular weight excluding hydrogens is 482 g/mol. The van der Waals surface area contributed by atoms with Crippen molar-refractivity contribution in [2.24, 2.45) is 0 Å². The van der Waals surface area contributed by atoms with Crippen LogP contribution in [-0.4, -0.2) is 58.5 Å². The minimum Gasteiger partial charge on any atom is -0.505 e. The van der Waals surface area contributed by atoms with Crippen LogP contribution in [0.1, 0.15) is 31.4 Å². The predicted molar refractivity (Wildman–Crippen MR) is 135 cm³/mol. The molecule has 2 aromatic carbocycles. The van der Waals surface area contributed by atoms with Gasteiger partial charge < -0.3 is 39.3 Å². The first kappa shape index (κ1) is 26.6. The number of methoxy groups -OCH3 is 1. The van der Waals surface area contributed by atoms with Gasteiger partial charge in [-0.2, -0.15) is 0 Å². The Morgan fingerprint density at radius 3 is 2.49 bits per heavy atom. The third-order valence-corrected chi connectivity index (χ3v) is 6.54. The van der Waals surface area contributed by atoms with Crippen LogP contribution < -0.4 is 15.7 Å². The van der Waals surface area contributed by atoms with Crippen molar-refractivity contribution in [3.63, 3.8) is 0 Å². The van der Waals surface area contributed by atoms with Crippen LogP contribution in [-0.2, 0) is 20.7 Å². The van der Waals surface area contributed by atoms with E-state index < -0.39 is 47.5 Å². The van der Waals surface area contributed by atoms with Crippen LogP contribution in [0.3, 0.4) is 0 Å². The Hall–Kier alpha value is -3.44. The number of nitrogens with one attached hydrogen (secondary N) is 1. The van der Waals surface area contributed by atoms with Gasteiger partial charge in [0.15, 0.2) is 11.4 Å². The van der Waals surface area contributed by atoms with E-state index in [1.165, 1.54) is 19.2 Å². The number of aliphatic hydroxyl groups is 2. The van der Waals surface area contributed by atoms with E-state index in [0.717, 1.165) is 5.56 Å². The largest absolute Gasteiger partial charge is 0.505 e. The summed E-state index contributed by atoms with van der Waals surface area (Å²) in [6.07, 6.45) is -4.12. The first-order chi connectivity index (χ1) is 17.5. The van der Waals surface area contributed by atoms with Gasteiger partial charge in [0.2, 0.25) is 12.2 Å². The Morgan fingerprint density at radius 1 is 1.11 bits per heavy atom. The molecule has 198 valence electrons. The second-order valence-corrected chi connectivity index (χ2v) is 9.56. The van der Waals surface area contributed by atoms with Gasteiger partial charge in [-0.25, -0.2) is 4.79 Å². The molecular formula is C27H31NO9. The Bertz CT molecular complexity index is 1340. The second-order valence-electron chi connectivity index (χ2n) is 9.56. The highest BCUT2D eigenvalue weighted by atomic mass is 16.7. The van der Waals surface area contributed by atoms with Crippen molar-refractivity contribution in [3.05, 3.63) is 64.0 Å². The molecule has 0 aliphatic carbocycles. The van der Waals surface area contributed by atoms with Crippen molar-refractivity contribution in [2.75, 3.05) is 12.4 Å². The van der Waals surface area contributed by atoms with Crippen LogP contribution in [0, 0.1) is 6.92 Å². The Kier molecular flexibility index (Phi) is 7.56. The molecule has 3 aromatic rings. The summed E-state index contributed by atoms with van der Waals surface area (Å²) in [7, 11) is 1.41. The lowest BCUT2D eigenvalue weighted by molar-refractivity contribution is -0.306. The number of fused-ring (bicyclic) bond motifs is 1. The van der Waals surface area contributed by atoms with Gasteiger partial charge in [0.25, 0.3) is 0 Å². The standard InChI is InChI=1S/C27H31NO9/c1-14-17(35-26-22(32)21(31)24(34-4)27(2,3)37-26)12-11-16-20(30)19(25(33)36-23(14)16)28-18(29)13-10-15-8-6-5-7-9-15/h5-9,11-12,21-22,24,26,30-32H,10,13H2,1-4H3,(H,28,29)/t21-,22-,24-,26-/m1/s1. The molecule has 1 fully saturated rings. The van der Waals surface area contributed by atoms with E-state index in [1.54, 1.807) is 20.8 Å². The van der Waals surface area contributed by atoms with Gasteiger partial charge in [0.1, 0.15) is 29.6 Å². The van der Waals surface area contributed by atoms with Gasteiger partial charge in [-0.05, 0) is 44.9 Å². The number of hydrogen-bond acceptors (Lipinski definition) is 9. The molecule has 4 N–H and O–H groups in total. The molecule has 0 saturated carbocycles. The molecule has 0 bridgehead atoms. The summed E-state index contributed by atoms with van der Waals surface area (Å²) in [5.41, 5.74) is -0.879. The number of anilines is 1. The molecule has 1 aliphatic heterocycles. The van der Waals surface area contributed by atoms with E-state index in [0.29, 0.717) is 12.0 Å². The molecule has 0 unspecified atom stereocenters. The maximum absolute atomic E-state index is 12.7. The van der Waals surface area contributed by atoms with E-state index >= 15 is 0 Å². The quantitative estimate of drug-likeness (QED) is 0.350. The van der Waals surface area contributed by atoms with Gasteiger partial charge >= 0.3 is 5.63 Å². The molecule has 2 heterocycles. The highest BCUT2D eigenvalue weighted by Crippen LogP contribution is 2.37. The third kappa shape index (κ3) is 5.33. The zero-order chi connectivity index (χ0) is 26.9. The number of amides is 1. The third-order valence-electron chi connectivity index (χ3n) is 6.54. The Balaban J connectivity index is 1.56. The van der Waals surface area contributed by atoms with Crippen molar-refractivity contribution in [3.8, 4) is 11.5 Å². The monoisotopic (exact) mass is 513 g/mol. The van der Waals surface area contributed by atoms with Crippen LogP contribution in [0.5, 0.6) is 11.5 Å². The average Bonchev–Trinajstić information content (AvgIpc) is 2.86. The first-order valence-corrected chi connectivity index (χ1v) is 11.9. The lowest BCUT2D eigenvalue weighted by Gasteiger charge is -2.46. The number of carbonyl (C=O) groups excluding carboxylic acids is 1. The number of ether oxygens (including phenoxy) is 3. The molecule has 4 rings (SSSR count). The SMILES string of the molecule is CO[C@@H]1[C@H](O)[C@@H](O)[C@H](Oc2ccc3c(O)c(NC(=O)CCc4ccccc4)c(=O)oc3c2C)OC1(C)C. The number of rotatable bonds is 7. The average molecular weight is 514 g/mol. The highest BCUT2D eigenvalue weighted by Gasteiger charge is 2.50. The van der Waals surface area contributed by atoms with E-state index in [2.05, 4.69) is 5.32 Å². The van der Waals surface area contributed by atoms with Crippen LogP contribution in [0.15, 0.2) is 51.7 Å². The molecule has 10 nitrogen and oxygen atoms in total. The Labute approximate surface area is 213 Å². The van der Waals surface area contributed by atoms with Gasteiger partial charge in [-0.15, -0.1) is 0 Å². The van der Waals surface area contributed by atoms with Crippen LogP contribution in [0.25, 0.3) is 11.0 Å². The fraction of sp³-hybridized carbons (Fsp3) is 0.407. The fourth-order valence-electron chi connectivity index (χ4n) is 4.54. The normalized spacial score (nSPS) is 23.1. The van der Waals surface area contributed by atoms with Crippen LogP contribution >= 0.6 is 0 Å². The maximum Gasteiger partial charge on any atom is 0.364 e. The fourth-order valence-corrected chi connectivity index (χ4v) is 4.54. The van der Waals surface area contributed by atoms with Gasteiger partial charge in [0.05, 0.1) is 11.0 Å². The minimum absolute atomic E-state index is 0.0437. The second kappa shape index (κ2) is 10.5. The summed E-state index contributed by atoms with van der Waals surface area (Å²) in [4.78, 5) is 25.1. The molecule has 1 aromatic heterocycles. The van der Waals surface area contributed by atoms with E-state index in [4.69, 9.17) is 18.6 Å². The molecule has 0 spiro atoms. The molecule has 0 radical (unpaired) electrons. The van der Waals surface area contributed by atoms with Gasteiger partial charge in [-0.3, -0.25) is 4.79 Å². The van der Waals surface area contributed by atoms with Crippen LogP contribution in [0.4, 0.5) is 5.69 Å². The molecule has 1 saturated heterocycles. The number of carbonyl (C=O) groups is 1. The summed E-state index contributed by atoms with van der Waals surface area (Å²) < 4.78 is 22.4. The van der Waals surface area contributed by atoms with Crippen LogP contribution in [0.2, 0.25) is 0 Å². The minimum atomic E-state index is -1.41. The maximum atomic E-state index is 12.7. The number of aromatic hydroxyl groups is 1. The van der Waals surface area contributed by atoms with Crippen molar-refractivity contribution in [2.45, 2.75) is 63.8 Å². The molecule has 37 heavy (non-hydrogen) atoms. The molecule has 10 heteroatoms. The van der Waals surface area contributed by atoms with Crippen molar-refractivity contribution < 1.29 is 38.7 Å². The lowest BCUT2D eigenvalue weighted by atomic mass is 9.89. The first-order valence-electron chi connectivity index (χ1n) is 11.9. The number of aliphatic hydroxyl groups excluding tert-OH is 2. The summed E-state index contributed by atoms with van der Waals surface area (Å²) in [6.45, 7) is 5.01. The smallest absolute Gasteiger partial charge is 0.364 e. The zero-order valence-electron chi connectivity index (χ0n) is 21.1. The van der Waals surface area contributed by atoms with Crippen molar-refractivity contribution >= 4 is 22.6 Å². The summed E-state index contributed by atoms with van der Waals surface area (Å²) >= 11 is 0. The topological polar surface area (TPSA) is 148 Å². The summed E-state index contributed by atoms with van der Waals surface area (Å²) in [5, 5.41) is 34.4. The molecule has 1 aliphatic rings. The van der Waals surface area contributed by atoms with Crippen molar-refractivity contribution in [1.82, 2.24) is 0 Å². The molecule has 1 amide bonds. The summed E-state index contributed by atoms with van der Waals surface area (Å²) in [6, 6.07) is 12.4. The van der Waals surface area contributed by atoms with Crippen molar-refractivity contribution in [1.29, 1.82) is 0 Å². The number of hydrogen-bond donors (Lipinski definition) is 4. The number of aryl methyl sites for hydroxylation is 2. The zero-order valence-corrected chi connectivity index (χ0v) is 21.1. The predicted octanol–water partition coefficient (Wildman–Crippen LogP) is 2.63.